The van der Waals surface area contributed by atoms with Crippen molar-refractivity contribution in [3.8, 4) is 0 Å². The molecule has 1 aliphatic carbocycles. The van der Waals surface area contributed by atoms with E-state index in [1.807, 2.05) is 6.92 Å². The average Bonchev–Trinajstić information content (AvgIpc) is 3.26. The maximum Gasteiger partial charge on any atom is 0.193 e. The minimum atomic E-state index is -1.56. The number of nitrogens with two attached hydrogens (primary N) is 5. The van der Waals surface area contributed by atoms with Crippen molar-refractivity contribution >= 4 is 46.7 Å². The van der Waals surface area contributed by atoms with Gasteiger partial charge in [-0.05, 0) is 39.0 Å². The van der Waals surface area contributed by atoms with Crippen molar-refractivity contribution in [2.75, 3.05) is 40.3 Å². The maximum absolute atomic E-state index is 9.24. The van der Waals surface area contributed by atoms with Gasteiger partial charge < -0.3 is 32.1 Å². The summed E-state index contributed by atoms with van der Waals surface area (Å²) in [6.07, 6.45) is 3.71. The van der Waals surface area contributed by atoms with E-state index in [4.69, 9.17) is 33.5 Å². The van der Waals surface area contributed by atoms with E-state index in [1.165, 1.54) is 11.8 Å². The van der Waals surface area contributed by atoms with Crippen molar-refractivity contribution < 1.29 is 9.84 Å². The van der Waals surface area contributed by atoms with E-state index in [0.29, 0.717) is 46.2 Å². The van der Waals surface area contributed by atoms with Crippen molar-refractivity contribution in [2.45, 2.75) is 74.3 Å². The molecular formula is C21H37N11O2S2. The van der Waals surface area contributed by atoms with E-state index in [1.54, 1.807) is 11.8 Å². The van der Waals surface area contributed by atoms with Gasteiger partial charge in [-0.25, -0.2) is 19.9 Å². The SMILES string of the molecule is CCCSc1nc(N)c(C)c(CCSc2nc(N)c(NN)c(NC3CCC(OC(N)(N)CO)C3)n2)n1. The third-order valence-electron chi connectivity index (χ3n) is 5.69. The first-order valence-electron chi connectivity index (χ1n) is 11.8. The Bertz CT molecular complexity index is 1030. The first-order valence-corrected chi connectivity index (χ1v) is 13.8. The van der Waals surface area contributed by atoms with E-state index < -0.39 is 12.5 Å². The molecule has 200 valence electrons. The molecule has 0 aliphatic heterocycles. The number of aromatic nitrogens is 4. The summed E-state index contributed by atoms with van der Waals surface area (Å²) in [6, 6.07) is 0.0365. The Morgan fingerprint density at radius 2 is 1.75 bits per heavy atom. The second kappa shape index (κ2) is 12.9. The van der Waals surface area contributed by atoms with E-state index in [9.17, 15) is 5.11 Å². The smallest absolute Gasteiger partial charge is 0.193 e. The summed E-state index contributed by atoms with van der Waals surface area (Å²) in [5, 5.41) is 13.8. The molecular weight excluding hydrogens is 502 g/mol. The van der Waals surface area contributed by atoms with Crippen molar-refractivity contribution in [1.29, 1.82) is 0 Å². The van der Waals surface area contributed by atoms with E-state index >= 15 is 0 Å². The Morgan fingerprint density at radius 1 is 1.06 bits per heavy atom. The number of hydrazine groups is 1. The van der Waals surface area contributed by atoms with Crippen LogP contribution in [-0.2, 0) is 11.2 Å². The third-order valence-corrected chi connectivity index (χ3v) is 7.59. The highest BCUT2D eigenvalue weighted by Crippen LogP contribution is 2.32. The van der Waals surface area contributed by atoms with Crippen LogP contribution in [0.5, 0.6) is 0 Å². The Hall–Kier alpha value is -2.14. The molecule has 2 heterocycles. The topological polar surface area (TPSA) is 235 Å². The van der Waals surface area contributed by atoms with Crippen LogP contribution in [0.25, 0.3) is 0 Å². The summed E-state index contributed by atoms with van der Waals surface area (Å²) in [6.45, 7) is 3.58. The molecule has 0 radical (unpaired) electrons. The largest absolute Gasteiger partial charge is 0.390 e. The number of hydrogen-bond donors (Lipinski definition) is 8. The molecule has 15 heteroatoms. The molecule has 2 aromatic heterocycles. The van der Waals surface area contributed by atoms with Crippen molar-refractivity contribution in [3.05, 3.63) is 11.3 Å². The number of aliphatic hydroxyl groups is 1. The Labute approximate surface area is 219 Å². The average molecular weight is 540 g/mol. The van der Waals surface area contributed by atoms with Crippen LogP contribution < -0.4 is 39.5 Å². The van der Waals surface area contributed by atoms with Gasteiger partial charge in [-0.1, -0.05) is 30.4 Å². The van der Waals surface area contributed by atoms with Gasteiger partial charge in [-0.15, -0.1) is 0 Å². The monoisotopic (exact) mass is 539 g/mol. The number of nitrogens with one attached hydrogen (secondary N) is 2. The van der Waals surface area contributed by atoms with Gasteiger partial charge in [0.1, 0.15) is 11.5 Å². The first kappa shape index (κ1) is 28.4. The number of thioether (sulfide) groups is 2. The fourth-order valence-corrected chi connectivity index (χ4v) is 5.31. The van der Waals surface area contributed by atoms with Crippen molar-refractivity contribution in [1.82, 2.24) is 19.9 Å². The van der Waals surface area contributed by atoms with Gasteiger partial charge in [0.05, 0.1) is 18.4 Å². The summed E-state index contributed by atoms with van der Waals surface area (Å²) in [4.78, 5) is 18.1. The molecule has 2 unspecified atom stereocenters. The molecule has 2 atom stereocenters. The summed E-state index contributed by atoms with van der Waals surface area (Å²) in [5.41, 5.74) is 28.5. The molecule has 0 saturated heterocycles. The Morgan fingerprint density at radius 3 is 2.44 bits per heavy atom. The quantitative estimate of drug-likeness (QED) is 0.0577. The summed E-state index contributed by atoms with van der Waals surface area (Å²) >= 11 is 3.07. The number of hydrogen-bond acceptors (Lipinski definition) is 15. The Kier molecular flexibility index (Phi) is 10.2. The second-order valence-corrected chi connectivity index (χ2v) is 10.8. The van der Waals surface area contributed by atoms with Gasteiger partial charge in [-0.3, -0.25) is 17.3 Å². The summed E-state index contributed by atoms with van der Waals surface area (Å²) < 4.78 is 5.61. The zero-order valence-corrected chi connectivity index (χ0v) is 22.3. The number of aryl methyl sites for hydroxylation is 1. The van der Waals surface area contributed by atoms with Crippen LogP contribution in [0.2, 0.25) is 0 Å². The maximum atomic E-state index is 9.24. The van der Waals surface area contributed by atoms with E-state index in [-0.39, 0.29) is 18.0 Å². The number of nitrogens with zero attached hydrogens (tertiary/aromatic N) is 4. The van der Waals surface area contributed by atoms with Gasteiger partial charge in [0.2, 0.25) is 0 Å². The number of rotatable bonds is 13. The molecule has 13 N–H and O–H groups in total. The molecule has 3 rings (SSSR count). The molecule has 1 fully saturated rings. The molecule has 0 bridgehead atoms. The molecule has 0 aromatic carbocycles. The third kappa shape index (κ3) is 7.68. The predicted molar refractivity (Wildman–Crippen MR) is 145 cm³/mol. The van der Waals surface area contributed by atoms with Crippen molar-refractivity contribution in [2.24, 2.45) is 17.3 Å². The number of nitrogen functional groups attached to an aromatic ring is 3. The zero-order chi connectivity index (χ0) is 26.3. The van der Waals surface area contributed by atoms with Crippen LogP contribution in [0.1, 0.15) is 43.9 Å². The lowest BCUT2D eigenvalue weighted by Crippen LogP contribution is -2.56. The molecule has 2 aromatic rings. The standard InChI is InChI=1S/C21H37N11O2S2/c1-3-7-35-19-28-14(11(2)16(22)29-19)6-8-36-20-30-17(23)15(32-26)18(31-20)27-12-4-5-13(9-12)34-21(24,25)10-33/h12-13,32-33H,3-10,24-26H2,1-2H3,(H2,22,28,29)(H3,23,27,30,31). The molecule has 0 spiro atoms. The fourth-order valence-electron chi connectivity index (χ4n) is 3.79. The second-order valence-electron chi connectivity index (χ2n) is 8.68. The highest BCUT2D eigenvalue weighted by molar-refractivity contribution is 7.99. The molecule has 13 nitrogen and oxygen atoms in total. The normalized spacial score (nSPS) is 17.9. The van der Waals surface area contributed by atoms with Gasteiger partial charge in [0.15, 0.2) is 27.8 Å². The van der Waals surface area contributed by atoms with Gasteiger partial charge >= 0.3 is 0 Å². The summed E-state index contributed by atoms with van der Waals surface area (Å²) in [7, 11) is 0. The fraction of sp³-hybridized carbons (Fsp3) is 0.619. The predicted octanol–water partition coefficient (Wildman–Crippen LogP) is 0.775. The molecule has 0 amide bonds. The van der Waals surface area contributed by atoms with Crippen LogP contribution in [0.4, 0.5) is 23.1 Å². The zero-order valence-electron chi connectivity index (χ0n) is 20.7. The van der Waals surface area contributed by atoms with Crippen LogP contribution in [-0.4, -0.2) is 61.1 Å². The minimum absolute atomic E-state index is 0.0365. The molecule has 1 aliphatic rings. The first-order chi connectivity index (χ1) is 17.2. The van der Waals surface area contributed by atoms with Gasteiger partial charge in [-0.2, -0.15) is 0 Å². The number of anilines is 4. The number of ether oxygens (including phenoxy) is 1. The van der Waals surface area contributed by atoms with Crippen molar-refractivity contribution in [3.63, 3.8) is 0 Å². The Balaban J connectivity index is 1.65. The van der Waals surface area contributed by atoms with Crippen LogP contribution >= 0.6 is 23.5 Å². The van der Waals surface area contributed by atoms with Crippen LogP contribution in [0, 0.1) is 6.92 Å². The lowest BCUT2D eigenvalue weighted by molar-refractivity contribution is -0.110. The minimum Gasteiger partial charge on any atom is -0.390 e. The lowest BCUT2D eigenvalue weighted by Gasteiger charge is -2.26. The highest BCUT2D eigenvalue weighted by Gasteiger charge is 2.32. The highest BCUT2D eigenvalue weighted by atomic mass is 32.2. The van der Waals surface area contributed by atoms with E-state index in [2.05, 4.69) is 37.6 Å². The van der Waals surface area contributed by atoms with Gasteiger partial charge in [0, 0.05) is 23.1 Å². The lowest BCUT2D eigenvalue weighted by atomic mass is 10.2. The van der Waals surface area contributed by atoms with Gasteiger partial charge in [0.25, 0.3) is 0 Å². The number of aliphatic hydroxyl groups excluding tert-OH is 1. The molecule has 1 saturated carbocycles. The summed E-state index contributed by atoms with van der Waals surface area (Å²) in [5.74, 6) is 7.01. The molecule has 36 heavy (non-hydrogen) atoms. The van der Waals surface area contributed by atoms with E-state index in [0.717, 1.165) is 36.3 Å². The van der Waals surface area contributed by atoms with Crippen LogP contribution in [0.15, 0.2) is 10.3 Å². The van der Waals surface area contributed by atoms with Crippen LogP contribution in [0.3, 0.4) is 0 Å².